The van der Waals surface area contributed by atoms with Crippen LogP contribution in [0.5, 0.6) is 11.5 Å². The van der Waals surface area contributed by atoms with E-state index in [0.29, 0.717) is 23.7 Å². The van der Waals surface area contributed by atoms with Gasteiger partial charge in [-0.2, -0.15) is 13.2 Å². The third kappa shape index (κ3) is 5.06. The van der Waals surface area contributed by atoms with Gasteiger partial charge < -0.3 is 14.8 Å². The molecule has 0 radical (unpaired) electrons. The van der Waals surface area contributed by atoms with Gasteiger partial charge in [-0.1, -0.05) is 12.1 Å². The lowest BCUT2D eigenvalue weighted by Gasteiger charge is -2.14. The van der Waals surface area contributed by atoms with Crippen LogP contribution in [0, 0.1) is 0 Å². The Morgan fingerprint density at radius 2 is 1.79 bits per heavy atom. The van der Waals surface area contributed by atoms with Gasteiger partial charge in [0.1, 0.15) is 11.5 Å². The van der Waals surface area contributed by atoms with Crippen LogP contribution in [0.1, 0.15) is 22.8 Å². The zero-order valence-corrected chi connectivity index (χ0v) is 15.9. The largest absolute Gasteiger partial charge is 0.457 e. The Morgan fingerprint density at radius 3 is 2.45 bits per heavy atom. The number of carbonyl (C=O) groups is 1. The SMILES string of the molecule is COC[C@H](C)NC(=O)c1ccc2c(Oc3ccc(C(F)(F)F)cc3)cccc2c1. The first kappa shape index (κ1) is 20.7. The molecule has 29 heavy (non-hydrogen) atoms. The Kier molecular flexibility index (Phi) is 6.08. The third-order valence-corrected chi connectivity index (χ3v) is 4.31. The molecule has 0 aliphatic heterocycles. The number of hydrogen-bond acceptors (Lipinski definition) is 3. The van der Waals surface area contributed by atoms with Gasteiger partial charge in [0.2, 0.25) is 0 Å². The fraction of sp³-hybridized carbons (Fsp3) is 0.227. The first-order valence-electron chi connectivity index (χ1n) is 8.95. The Labute approximate surface area is 166 Å². The Hall–Kier alpha value is -3.06. The molecular weight excluding hydrogens is 383 g/mol. The van der Waals surface area contributed by atoms with Crippen LogP contribution in [0.3, 0.4) is 0 Å². The minimum absolute atomic E-state index is 0.127. The second-order valence-corrected chi connectivity index (χ2v) is 6.65. The van der Waals surface area contributed by atoms with Gasteiger partial charge in [0.15, 0.2) is 0 Å². The van der Waals surface area contributed by atoms with Crippen LogP contribution in [0.25, 0.3) is 10.8 Å². The van der Waals surface area contributed by atoms with Crippen molar-refractivity contribution in [3.8, 4) is 11.5 Å². The van der Waals surface area contributed by atoms with Gasteiger partial charge in [-0.05, 0) is 60.8 Å². The molecule has 0 spiro atoms. The smallest absolute Gasteiger partial charge is 0.416 e. The summed E-state index contributed by atoms with van der Waals surface area (Å²) in [5, 5.41) is 4.37. The summed E-state index contributed by atoms with van der Waals surface area (Å²) in [6.45, 7) is 2.25. The normalized spacial score (nSPS) is 12.6. The van der Waals surface area contributed by atoms with Crippen molar-refractivity contribution in [3.63, 3.8) is 0 Å². The lowest BCUT2D eigenvalue weighted by Crippen LogP contribution is -2.35. The van der Waals surface area contributed by atoms with Gasteiger partial charge in [-0.25, -0.2) is 0 Å². The summed E-state index contributed by atoms with van der Waals surface area (Å²) in [6, 6.07) is 14.9. The monoisotopic (exact) mass is 403 g/mol. The molecule has 3 rings (SSSR count). The van der Waals surface area contributed by atoms with Gasteiger partial charge in [0.25, 0.3) is 5.91 Å². The van der Waals surface area contributed by atoms with E-state index in [0.717, 1.165) is 22.9 Å². The highest BCUT2D eigenvalue weighted by molar-refractivity contribution is 6.00. The second-order valence-electron chi connectivity index (χ2n) is 6.65. The molecule has 1 amide bonds. The van der Waals surface area contributed by atoms with E-state index in [9.17, 15) is 18.0 Å². The molecule has 152 valence electrons. The summed E-state index contributed by atoms with van der Waals surface area (Å²) < 4.78 is 48.9. The molecule has 0 aromatic heterocycles. The number of methoxy groups -OCH3 is 1. The minimum Gasteiger partial charge on any atom is -0.457 e. The van der Waals surface area contributed by atoms with Crippen molar-refractivity contribution in [1.29, 1.82) is 0 Å². The number of carbonyl (C=O) groups excluding carboxylic acids is 1. The maximum Gasteiger partial charge on any atom is 0.416 e. The average molecular weight is 403 g/mol. The molecule has 0 saturated heterocycles. The van der Waals surface area contributed by atoms with E-state index in [2.05, 4.69) is 5.32 Å². The molecule has 0 aliphatic carbocycles. The van der Waals surface area contributed by atoms with E-state index >= 15 is 0 Å². The van der Waals surface area contributed by atoms with Gasteiger partial charge in [-0.15, -0.1) is 0 Å². The average Bonchev–Trinajstić information content (AvgIpc) is 2.67. The molecule has 7 heteroatoms. The lowest BCUT2D eigenvalue weighted by molar-refractivity contribution is -0.137. The predicted octanol–water partition coefficient (Wildman–Crippen LogP) is 5.42. The van der Waals surface area contributed by atoms with Crippen LogP contribution in [-0.4, -0.2) is 25.7 Å². The minimum atomic E-state index is -4.39. The number of benzene rings is 3. The highest BCUT2D eigenvalue weighted by Crippen LogP contribution is 2.33. The van der Waals surface area contributed by atoms with Crippen LogP contribution in [0.2, 0.25) is 0 Å². The molecule has 0 bridgehead atoms. The van der Waals surface area contributed by atoms with Crippen LogP contribution in [-0.2, 0) is 10.9 Å². The molecule has 0 aliphatic rings. The summed E-state index contributed by atoms with van der Waals surface area (Å²) in [4.78, 5) is 12.4. The topological polar surface area (TPSA) is 47.6 Å². The van der Waals surface area contributed by atoms with Crippen molar-refractivity contribution in [2.45, 2.75) is 19.1 Å². The Balaban J connectivity index is 1.82. The summed E-state index contributed by atoms with van der Waals surface area (Å²) in [6.07, 6.45) is -4.39. The zero-order valence-electron chi connectivity index (χ0n) is 15.9. The van der Waals surface area contributed by atoms with Crippen molar-refractivity contribution in [2.24, 2.45) is 0 Å². The molecule has 4 nitrogen and oxygen atoms in total. The summed E-state index contributed by atoms with van der Waals surface area (Å²) >= 11 is 0. The lowest BCUT2D eigenvalue weighted by atomic mass is 10.1. The maximum absolute atomic E-state index is 12.7. The molecule has 1 N–H and O–H groups in total. The first-order valence-corrected chi connectivity index (χ1v) is 8.95. The number of rotatable bonds is 6. The first-order chi connectivity index (χ1) is 13.8. The number of amides is 1. The fourth-order valence-corrected chi connectivity index (χ4v) is 2.92. The zero-order chi connectivity index (χ0) is 21.0. The van der Waals surface area contributed by atoms with Crippen LogP contribution in [0.4, 0.5) is 13.2 Å². The predicted molar refractivity (Wildman–Crippen MR) is 104 cm³/mol. The fourth-order valence-electron chi connectivity index (χ4n) is 2.92. The molecule has 3 aromatic rings. The molecule has 0 heterocycles. The highest BCUT2D eigenvalue weighted by atomic mass is 19.4. The summed E-state index contributed by atoms with van der Waals surface area (Å²) in [5.74, 6) is 0.563. The number of halogens is 3. The molecule has 3 aromatic carbocycles. The summed E-state index contributed by atoms with van der Waals surface area (Å²) in [5.41, 5.74) is -0.242. The van der Waals surface area contributed by atoms with E-state index in [1.54, 1.807) is 37.4 Å². The van der Waals surface area contributed by atoms with E-state index in [1.807, 2.05) is 13.0 Å². The van der Waals surface area contributed by atoms with E-state index < -0.39 is 11.7 Å². The number of nitrogens with one attached hydrogen (secondary N) is 1. The Morgan fingerprint density at radius 1 is 1.07 bits per heavy atom. The van der Waals surface area contributed by atoms with Gasteiger partial charge in [-0.3, -0.25) is 4.79 Å². The number of fused-ring (bicyclic) bond motifs is 1. The van der Waals surface area contributed by atoms with Gasteiger partial charge in [0.05, 0.1) is 12.2 Å². The van der Waals surface area contributed by atoms with Crippen LogP contribution < -0.4 is 10.1 Å². The number of hydrogen-bond donors (Lipinski definition) is 1. The highest BCUT2D eigenvalue weighted by Gasteiger charge is 2.30. The standard InChI is InChI=1S/C22H20F3NO3/c1-14(13-28-2)26-21(27)16-6-11-19-15(12-16)4-3-5-20(19)29-18-9-7-17(8-10-18)22(23,24)25/h3-12,14H,13H2,1-2H3,(H,26,27)/t14-/m0/s1. The molecule has 0 saturated carbocycles. The second kappa shape index (κ2) is 8.53. The molecule has 0 unspecified atom stereocenters. The molecule has 0 fully saturated rings. The number of ether oxygens (including phenoxy) is 2. The van der Waals surface area contributed by atoms with Crippen molar-refractivity contribution in [1.82, 2.24) is 5.32 Å². The number of alkyl halides is 3. The van der Waals surface area contributed by atoms with E-state index in [4.69, 9.17) is 9.47 Å². The third-order valence-electron chi connectivity index (χ3n) is 4.31. The maximum atomic E-state index is 12.7. The van der Waals surface area contributed by atoms with Crippen LogP contribution >= 0.6 is 0 Å². The quantitative estimate of drug-likeness (QED) is 0.598. The van der Waals surface area contributed by atoms with E-state index in [-0.39, 0.29) is 11.9 Å². The van der Waals surface area contributed by atoms with Crippen LogP contribution in [0.15, 0.2) is 60.7 Å². The van der Waals surface area contributed by atoms with Crippen molar-refractivity contribution in [2.75, 3.05) is 13.7 Å². The van der Waals surface area contributed by atoms with Crippen molar-refractivity contribution < 1.29 is 27.4 Å². The molecular formula is C22H20F3NO3. The van der Waals surface area contributed by atoms with Crippen molar-refractivity contribution in [3.05, 3.63) is 71.8 Å². The summed E-state index contributed by atoms with van der Waals surface area (Å²) in [7, 11) is 1.57. The molecule has 1 atom stereocenters. The van der Waals surface area contributed by atoms with Crippen molar-refractivity contribution >= 4 is 16.7 Å². The van der Waals surface area contributed by atoms with E-state index in [1.165, 1.54) is 12.1 Å². The van der Waals surface area contributed by atoms with Gasteiger partial charge in [0, 0.05) is 24.1 Å². The van der Waals surface area contributed by atoms with Gasteiger partial charge >= 0.3 is 6.18 Å². The Bertz CT molecular complexity index is 1000.